The van der Waals surface area contributed by atoms with Gasteiger partial charge in [-0.2, -0.15) is 0 Å². The number of carbonyl (C=O) groups is 1. The van der Waals surface area contributed by atoms with Gasteiger partial charge in [-0.25, -0.2) is 0 Å². The fraction of sp³-hybridized carbons (Fsp3) is 0.125. The SMILES string of the molecule is O=C1C=CC(c2ccccc2)(c2ccccc2)CC1c1ccccc1. The largest absolute Gasteiger partial charge is 0.294 e. The zero-order valence-corrected chi connectivity index (χ0v) is 14.0. The zero-order valence-electron chi connectivity index (χ0n) is 14.0. The Labute approximate surface area is 148 Å². The smallest absolute Gasteiger partial charge is 0.162 e. The third-order valence-electron chi connectivity index (χ3n) is 5.18. The third kappa shape index (κ3) is 2.83. The molecule has 1 aliphatic carbocycles. The van der Waals surface area contributed by atoms with Gasteiger partial charge in [0.05, 0.1) is 0 Å². The first kappa shape index (κ1) is 15.6. The summed E-state index contributed by atoms with van der Waals surface area (Å²) in [6, 6.07) is 31.1. The van der Waals surface area contributed by atoms with Gasteiger partial charge in [-0.05, 0) is 29.2 Å². The molecule has 0 saturated carbocycles. The first-order valence-electron chi connectivity index (χ1n) is 8.69. The summed E-state index contributed by atoms with van der Waals surface area (Å²) in [5.41, 5.74) is 3.27. The lowest BCUT2D eigenvalue weighted by Crippen LogP contribution is -2.33. The number of rotatable bonds is 3. The number of allylic oxidation sites excluding steroid dienone is 2. The van der Waals surface area contributed by atoms with E-state index < -0.39 is 0 Å². The van der Waals surface area contributed by atoms with E-state index in [1.54, 1.807) is 6.08 Å². The van der Waals surface area contributed by atoms with Crippen molar-refractivity contribution in [3.8, 4) is 0 Å². The van der Waals surface area contributed by atoms with E-state index in [0.29, 0.717) is 0 Å². The van der Waals surface area contributed by atoms with Crippen molar-refractivity contribution in [2.45, 2.75) is 17.8 Å². The highest BCUT2D eigenvalue weighted by Crippen LogP contribution is 2.45. The van der Waals surface area contributed by atoms with Gasteiger partial charge in [0.15, 0.2) is 5.78 Å². The molecular formula is C24H20O. The van der Waals surface area contributed by atoms with Crippen LogP contribution in [-0.2, 0) is 10.2 Å². The van der Waals surface area contributed by atoms with Crippen molar-refractivity contribution in [3.63, 3.8) is 0 Å². The average Bonchev–Trinajstić information content (AvgIpc) is 2.71. The molecule has 0 saturated heterocycles. The lowest BCUT2D eigenvalue weighted by atomic mass is 9.64. The van der Waals surface area contributed by atoms with E-state index >= 15 is 0 Å². The van der Waals surface area contributed by atoms with Crippen molar-refractivity contribution >= 4 is 5.78 Å². The van der Waals surface area contributed by atoms with Crippen molar-refractivity contribution in [2.24, 2.45) is 0 Å². The molecule has 1 unspecified atom stereocenters. The van der Waals surface area contributed by atoms with Crippen molar-refractivity contribution in [3.05, 3.63) is 120 Å². The van der Waals surface area contributed by atoms with Crippen molar-refractivity contribution < 1.29 is 4.79 Å². The van der Waals surface area contributed by atoms with Crippen LogP contribution < -0.4 is 0 Å². The van der Waals surface area contributed by atoms with Gasteiger partial charge in [0, 0.05) is 11.3 Å². The summed E-state index contributed by atoms with van der Waals surface area (Å²) in [7, 11) is 0. The van der Waals surface area contributed by atoms with E-state index in [0.717, 1.165) is 12.0 Å². The van der Waals surface area contributed by atoms with Crippen LogP contribution in [0.2, 0.25) is 0 Å². The number of carbonyl (C=O) groups excluding carboxylic acids is 1. The molecule has 1 heteroatoms. The quantitative estimate of drug-likeness (QED) is 0.640. The van der Waals surface area contributed by atoms with Crippen LogP contribution in [0.15, 0.2) is 103 Å². The number of ketones is 1. The fourth-order valence-corrected chi connectivity index (χ4v) is 3.86. The number of hydrogen-bond acceptors (Lipinski definition) is 1. The molecule has 0 amide bonds. The molecule has 0 N–H and O–H groups in total. The highest BCUT2D eigenvalue weighted by molar-refractivity contribution is 5.97. The monoisotopic (exact) mass is 324 g/mol. The van der Waals surface area contributed by atoms with Gasteiger partial charge in [-0.3, -0.25) is 4.79 Å². The molecule has 0 radical (unpaired) electrons. The van der Waals surface area contributed by atoms with Crippen LogP contribution in [0.25, 0.3) is 0 Å². The van der Waals surface area contributed by atoms with Crippen molar-refractivity contribution in [1.29, 1.82) is 0 Å². The Morgan fingerprint density at radius 1 is 0.680 bits per heavy atom. The molecule has 0 aliphatic heterocycles. The summed E-state index contributed by atoms with van der Waals surface area (Å²) in [5.74, 6) is 0.0697. The highest BCUT2D eigenvalue weighted by Gasteiger charge is 2.39. The molecular weight excluding hydrogens is 304 g/mol. The van der Waals surface area contributed by atoms with E-state index in [-0.39, 0.29) is 17.1 Å². The van der Waals surface area contributed by atoms with Crippen LogP contribution >= 0.6 is 0 Å². The minimum atomic E-state index is -0.281. The van der Waals surface area contributed by atoms with Gasteiger partial charge in [0.25, 0.3) is 0 Å². The fourth-order valence-electron chi connectivity index (χ4n) is 3.86. The first-order valence-corrected chi connectivity index (χ1v) is 8.69. The Hall–Kier alpha value is -2.93. The zero-order chi connectivity index (χ0) is 17.1. The number of hydrogen-bond donors (Lipinski definition) is 0. The molecule has 25 heavy (non-hydrogen) atoms. The maximum Gasteiger partial charge on any atom is 0.162 e. The minimum Gasteiger partial charge on any atom is -0.294 e. The summed E-state index contributed by atoms with van der Waals surface area (Å²) in [5, 5.41) is 0. The van der Waals surface area contributed by atoms with Crippen LogP contribution in [0, 0.1) is 0 Å². The lowest BCUT2D eigenvalue weighted by molar-refractivity contribution is -0.116. The topological polar surface area (TPSA) is 17.1 Å². The Bertz CT molecular complexity index is 840. The molecule has 1 atom stereocenters. The van der Waals surface area contributed by atoms with Gasteiger partial charge >= 0.3 is 0 Å². The Balaban J connectivity index is 1.88. The second-order valence-electron chi connectivity index (χ2n) is 6.61. The molecule has 0 fully saturated rings. The normalized spacial score (nSPS) is 18.9. The van der Waals surface area contributed by atoms with Gasteiger partial charge in [0.1, 0.15) is 0 Å². The minimum absolute atomic E-state index is 0.119. The standard InChI is InChI=1S/C24H20O/c25-23-16-17-24(20-12-6-2-7-13-20,21-14-8-3-9-15-21)18-22(23)19-10-4-1-5-11-19/h1-17,22H,18H2. The molecule has 3 aromatic carbocycles. The summed E-state index contributed by atoms with van der Waals surface area (Å²) in [4.78, 5) is 12.7. The molecule has 0 heterocycles. The van der Waals surface area contributed by atoms with E-state index in [2.05, 4.69) is 66.7 Å². The third-order valence-corrected chi connectivity index (χ3v) is 5.18. The van der Waals surface area contributed by atoms with Crippen LogP contribution in [0.5, 0.6) is 0 Å². The molecule has 4 rings (SSSR count). The van der Waals surface area contributed by atoms with E-state index in [4.69, 9.17) is 0 Å². The molecule has 0 aromatic heterocycles. The maximum absolute atomic E-state index is 12.7. The summed E-state index contributed by atoms with van der Waals surface area (Å²) in [6.45, 7) is 0. The van der Waals surface area contributed by atoms with Crippen LogP contribution in [-0.4, -0.2) is 5.78 Å². The van der Waals surface area contributed by atoms with Gasteiger partial charge in [-0.15, -0.1) is 0 Å². The Morgan fingerprint density at radius 3 is 1.68 bits per heavy atom. The van der Waals surface area contributed by atoms with E-state index in [1.807, 2.05) is 30.3 Å². The van der Waals surface area contributed by atoms with E-state index in [9.17, 15) is 4.79 Å². The Morgan fingerprint density at radius 2 is 1.16 bits per heavy atom. The van der Waals surface area contributed by atoms with Gasteiger partial charge in [-0.1, -0.05) is 97.1 Å². The maximum atomic E-state index is 12.7. The van der Waals surface area contributed by atoms with Crippen LogP contribution in [0.4, 0.5) is 0 Å². The molecule has 0 spiro atoms. The Kier molecular flexibility index (Phi) is 4.07. The van der Waals surface area contributed by atoms with E-state index in [1.165, 1.54) is 11.1 Å². The summed E-state index contributed by atoms with van der Waals surface area (Å²) in [6.07, 6.45) is 4.63. The molecule has 1 aliphatic rings. The highest BCUT2D eigenvalue weighted by atomic mass is 16.1. The van der Waals surface area contributed by atoms with Gasteiger partial charge < -0.3 is 0 Å². The average molecular weight is 324 g/mol. The predicted octanol–water partition coefficient (Wildman–Crippen LogP) is 5.29. The van der Waals surface area contributed by atoms with Crippen molar-refractivity contribution in [1.82, 2.24) is 0 Å². The second-order valence-corrected chi connectivity index (χ2v) is 6.61. The number of benzene rings is 3. The molecule has 122 valence electrons. The molecule has 0 bridgehead atoms. The van der Waals surface area contributed by atoms with Crippen molar-refractivity contribution in [2.75, 3.05) is 0 Å². The van der Waals surface area contributed by atoms with Crippen LogP contribution in [0.3, 0.4) is 0 Å². The van der Waals surface area contributed by atoms with Gasteiger partial charge in [0.2, 0.25) is 0 Å². The molecule has 3 aromatic rings. The molecule has 1 nitrogen and oxygen atoms in total. The first-order chi connectivity index (χ1) is 12.3. The summed E-state index contributed by atoms with van der Waals surface area (Å²) < 4.78 is 0. The van der Waals surface area contributed by atoms with Crippen LogP contribution in [0.1, 0.15) is 29.0 Å². The summed E-state index contributed by atoms with van der Waals surface area (Å²) >= 11 is 0. The predicted molar refractivity (Wildman–Crippen MR) is 102 cm³/mol. The second kappa shape index (κ2) is 6.52. The lowest BCUT2D eigenvalue weighted by Gasteiger charge is -2.38.